The van der Waals surface area contributed by atoms with E-state index in [-0.39, 0.29) is 11.5 Å². The number of thiophene rings is 1. The summed E-state index contributed by atoms with van der Waals surface area (Å²) in [7, 11) is 0. The molecule has 6 rings (SSSR count). The normalized spacial score (nSPS) is 16.0. The van der Waals surface area contributed by atoms with Crippen molar-refractivity contribution < 1.29 is 19.4 Å². The smallest absolute Gasteiger partial charge is 0.195 e. The van der Waals surface area contributed by atoms with E-state index in [2.05, 4.69) is 9.80 Å². The third kappa shape index (κ3) is 6.27. The molecule has 2 saturated heterocycles. The lowest BCUT2D eigenvalue weighted by molar-refractivity contribution is 0.104. The van der Waals surface area contributed by atoms with Gasteiger partial charge in [0.05, 0.1) is 0 Å². The molecule has 6 nitrogen and oxygen atoms in total. The molecule has 1 N–H and O–H groups in total. The van der Waals surface area contributed by atoms with Crippen LogP contribution in [0.4, 0.5) is 0 Å². The Balaban J connectivity index is 1.22. The molecule has 2 aliphatic rings. The van der Waals surface area contributed by atoms with Gasteiger partial charge < -0.3 is 14.6 Å². The van der Waals surface area contributed by atoms with Crippen LogP contribution >= 0.6 is 11.3 Å². The van der Waals surface area contributed by atoms with E-state index < -0.39 is 0 Å². The molecule has 7 heteroatoms. The van der Waals surface area contributed by atoms with Gasteiger partial charge in [0.1, 0.15) is 30.5 Å². The topological polar surface area (TPSA) is 62.2 Å². The number of benzene rings is 3. The molecule has 0 amide bonds. The Bertz CT molecular complexity index is 1480. The van der Waals surface area contributed by atoms with Crippen molar-refractivity contribution in [2.45, 2.75) is 32.6 Å². The lowest BCUT2D eigenvalue weighted by Crippen LogP contribution is -2.25. The van der Waals surface area contributed by atoms with Gasteiger partial charge in [0, 0.05) is 44.7 Å². The average Bonchev–Trinajstić information content (AvgIpc) is 3.78. The van der Waals surface area contributed by atoms with E-state index in [9.17, 15) is 9.90 Å². The quantitative estimate of drug-likeness (QED) is 0.201. The van der Waals surface area contributed by atoms with E-state index in [1.54, 1.807) is 17.4 Å². The maximum absolute atomic E-state index is 14.0. The van der Waals surface area contributed by atoms with E-state index in [0.717, 1.165) is 76.9 Å². The zero-order valence-corrected chi connectivity index (χ0v) is 24.5. The molecule has 0 bridgehead atoms. The SMILES string of the molecule is Cc1c(O)ccc2c(C(=O)c3ccc(OCCN4CCCC4)cc3)c(-c3ccc(OCCN4CCCC4)cc3)sc12. The van der Waals surface area contributed by atoms with Crippen molar-refractivity contribution in [1.29, 1.82) is 0 Å². The van der Waals surface area contributed by atoms with Gasteiger partial charge in [-0.25, -0.2) is 0 Å². The third-order valence-electron chi connectivity index (χ3n) is 8.29. The zero-order chi connectivity index (χ0) is 28.2. The summed E-state index contributed by atoms with van der Waals surface area (Å²) in [6.07, 6.45) is 5.09. The number of carbonyl (C=O) groups excluding carboxylic acids is 1. The van der Waals surface area contributed by atoms with E-state index in [1.807, 2.05) is 61.5 Å². The molecule has 2 fully saturated rings. The number of hydrogen-bond donors (Lipinski definition) is 1. The fraction of sp³-hybridized carbons (Fsp3) is 0.382. The number of ether oxygens (including phenoxy) is 2. The monoisotopic (exact) mass is 570 g/mol. The number of hydrogen-bond acceptors (Lipinski definition) is 7. The highest BCUT2D eigenvalue weighted by atomic mass is 32.1. The average molecular weight is 571 g/mol. The predicted molar refractivity (Wildman–Crippen MR) is 166 cm³/mol. The first-order valence-corrected chi connectivity index (χ1v) is 15.6. The fourth-order valence-corrected chi connectivity index (χ4v) is 7.16. The first-order valence-electron chi connectivity index (χ1n) is 14.8. The Kier molecular flexibility index (Phi) is 8.56. The Morgan fingerprint density at radius 1 is 0.780 bits per heavy atom. The van der Waals surface area contributed by atoms with Crippen LogP contribution in [0.1, 0.15) is 47.2 Å². The first-order chi connectivity index (χ1) is 20.1. The van der Waals surface area contributed by atoms with Crippen molar-refractivity contribution in [2.75, 3.05) is 52.5 Å². The van der Waals surface area contributed by atoms with Crippen LogP contribution in [0.25, 0.3) is 20.5 Å². The molecule has 41 heavy (non-hydrogen) atoms. The Morgan fingerprint density at radius 2 is 1.32 bits per heavy atom. The van der Waals surface area contributed by atoms with Crippen molar-refractivity contribution in [3.8, 4) is 27.7 Å². The molecule has 3 heterocycles. The summed E-state index contributed by atoms with van der Waals surface area (Å²) in [5.41, 5.74) is 3.03. The molecule has 0 aliphatic carbocycles. The van der Waals surface area contributed by atoms with Gasteiger partial charge in [-0.2, -0.15) is 0 Å². The third-order valence-corrected chi connectivity index (χ3v) is 9.66. The number of fused-ring (bicyclic) bond motifs is 1. The minimum atomic E-state index is -0.0362. The van der Waals surface area contributed by atoms with Gasteiger partial charge in [0.25, 0.3) is 0 Å². The van der Waals surface area contributed by atoms with Crippen LogP contribution in [0, 0.1) is 6.92 Å². The number of aromatic hydroxyl groups is 1. The maximum atomic E-state index is 14.0. The highest BCUT2D eigenvalue weighted by molar-refractivity contribution is 7.23. The van der Waals surface area contributed by atoms with Crippen LogP contribution in [0.15, 0.2) is 60.7 Å². The highest BCUT2D eigenvalue weighted by Crippen LogP contribution is 2.43. The zero-order valence-electron chi connectivity index (χ0n) is 23.7. The lowest BCUT2D eigenvalue weighted by atomic mass is 9.96. The molecule has 2 aliphatic heterocycles. The molecule has 3 aromatic carbocycles. The summed E-state index contributed by atoms with van der Waals surface area (Å²) < 4.78 is 12.9. The number of ketones is 1. The standard InChI is InChI=1S/C34H38N2O4S/c1-24-30(37)15-14-29-31(32(38)25-6-10-27(11-7-25)39-22-20-35-16-2-3-17-35)34(41-33(24)29)26-8-12-28(13-9-26)40-23-21-36-18-4-5-19-36/h6-15,37H,2-5,16-23H2,1H3. The van der Waals surface area contributed by atoms with Gasteiger partial charge >= 0.3 is 0 Å². The van der Waals surface area contributed by atoms with Crippen LogP contribution in [-0.4, -0.2) is 73.2 Å². The number of likely N-dealkylation sites (tertiary alicyclic amines) is 2. The minimum absolute atomic E-state index is 0.0362. The minimum Gasteiger partial charge on any atom is -0.508 e. The summed E-state index contributed by atoms with van der Waals surface area (Å²) in [6.45, 7) is 9.72. The van der Waals surface area contributed by atoms with Crippen molar-refractivity contribution in [3.63, 3.8) is 0 Å². The maximum Gasteiger partial charge on any atom is 0.195 e. The molecule has 4 aromatic rings. The van der Waals surface area contributed by atoms with Crippen molar-refractivity contribution in [3.05, 3.63) is 77.4 Å². The van der Waals surface area contributed by atoms with E-state index >= 15 is 0 Å². The van der Waals surface area contributed by atoms with Gasteiger partial charge in [0.2, 0.25) is 0 Å². The molecule has 1 aromatic heterocycles. The van der Waals surface area contributed by atoms with Gasteiger partial charge in [-0.1, -0.05) is 0 Å². The second-order valence-electron chi connectivity index (χ2n) is 11.1. The number of phenols is 1. The summed E-state index contributed by atoms with van der Waals surface area (Å²) in [5.74, 6) is 1.81. The molecule has 0 saturated carbocycles. The van der Waals surface area contributed by atoms with Crippen LogP contribution in [0.5, 0.6) is 17.2 Å². The Hall–Kier alpha value is -3.39. The molecular weight excluding hydrogens is 532 g/mol. The molecule has 0 radical (unpaired) electrons. The van der Waals surface area contributed by atoms with Crippen LogP contribution in [-0.2, 0) is 0 Å². The molecule has 0 spiro atoms. The first kappa shape index (κ1) is 27.8. The lowest BCUT2D eigenvalue weighted by Gasteiger charge is -2.15. The predicted octanol–water partition coefficient (Wildman–Crippen LogP) is 6.76. The van der Waals surface area contributed by atoms with Crippen LogP contribution in [0.3, 0.4) is 0 Å². The number of phenolic OH excluding ortho intramolecular Hbond substituents is 1. The number of rotatable bonds is 11. The summed E-state index contributed by atoms with van der Waals surface area (Å²) in [6, 6.07) is 19.0. The van der Waals surface area contributed by atoms with Gasteiger partial charge in [-0.15, -0.1) is 11.3 Å². The van der Waals surface area contributed by atoms with E-state index in [1.165, 1.54) is 25.7 Å². The Labute approximate surface area is 246 Å². The van der Waals surface area contributed by atoms with Crippen molar-refractivity contribution in [1.82, 2.24) is 9.80 Å². The highest BCUT2D eigenvalue weighted by Gasteiger charge is 2.23. The van der Waals surface area contributed by atoms with E-state index in [4.69, 9.17) is 9.47 Å². The largest absolute Gasteiger partial charge is 0.508 e. The van der Waals surface area contributed by atoms with Gasteiger partial charge in [0.15, 0.2) is 5.78 Å². The van der Waals surface area contributed by atoms with Crippen LogP contribution in [0.2, 0.25) is 0 Å². The fourth-order valence-electron chi connectivity index (χ4n) is 5.86. The second kappa shape index (κ2) is 12.6. The second-order valence-corrected chi connectivity index (χ2v) is 12.1. The van der Waals surface area contributed by atoms with E-state index in [0.29, 0.717) is 24.3 Å². The van der Waals surface area contributed by atoms with Crippen molar-refractivity contribution in [2.24, 2.45) is 0 Å². The number of nitrogens with zero attached hydrogens (tertiary/aromatic N) is 2. The Morgan fingerprint density at radius 3 is 1.88 bits per heavy atom. The number of carbonyl (C=O) groups is 1. The number of aryl methyl sites for hydroxylation is 1. The molecule has 214 valence electrons. The van der Waals surface area contributed by atoms with Gasteiger partial charge in [-0.3, -0.25) is 14.6 Å². The van der Waals surface area contributed by atoms with Gasteiger partial charge in [-0.05, 0) is 125 Å². The summed E-state index contributed by atoms with van der Waals surface area (Å²) in [5, 5.41) is 11.3. The van der Waals surface area contributed by atoms with Crippen LogP contribution < -0.4 is 9.47 Å². The summed E-state index contributed by atoms with van der Waals surface area (Å²) >= 11 is 1.55. The summed E-state index contributed by atoms with van der Waals surface area (Å²) in [4.78, 5) is 19.8. The molecular formula is C34H38N2O4S. The molecule has 0 atom stereocenters. The van der Waals surface area contributed by atoms with Crippen molar-refractivity contribution >= 4 is 27.2 Å². The molecule has 0 unspecified atom stereocenters.